The van der Waals surface area contributed by atoms with Crippen LogP contribution in [0.1, 0.15) is 18.9 Å². The van der Waals surface area contributed by atoms with Crippen LogP contribution in [0.3, 0.4) is 0 Å². The molecule has 0 spiro atoms. The highest BCUT2D eigenvalue weighted by Crippen LogP contribution is 2.44. The van der Waals surface area contributed by atoms with Crippen LogP contribution in [0, 0.1) is 11.3 Å². The summed E-state index contributed by atoms with van der Waals surface area (Å²) < 4.78 is 43.7. The molecule has 2 atom stereocenters. The zero-order valence-corrected chi connectivity index (χ0v) is 15.0. The maximum atomic E-state index is 12.8. The van der Waals surface area contributed by atoms with Crippen molar-refractivity contribution in [2.24, 2.45) is 11.3 Å². The van der Waals surface area contributed by atoms with Gasteiger partial charge in [-0.25, -0.2) is 0 Å². The zero-order valence-electron chi connectivity index (χ0n) is 15.0. The van der Waals surface area contributed by atoms with Gasteiger partial charge >= 0.3 is 12.1 Å². The number of alkyl halides is 3. The molecule has 4 nitrogen and oxygen atoms in total. The van der Waals surface area contributed by atoms with E-state index in [1.54, 1.807) is 6.92 Å². The average molecular weight is 370 g/mol. The van der Waals surface area contributed by atoms with Crippen molar-refractivity contribution in [3.8, 4) is 0 Å². The molecule has 0 unspecified atom stereocenters. The second-order valence-electron chi connectivity index (χ2n) is 7.33. The Morgan fingerprint density at radius 3 is 2.58 bits per heavy atom. The number of ether oxygens (including phenoxy) is 1. The van der Waals surface area contributed by atoms with E-state index in [-0.39, 0.29) is 31.6 Å². The lowest BCUT2D eigenvalue weighted by Crippen LogP contribution is -2.53. The van der Waals surface area contributed by atoms with E-state index in [9.17, 15) is 18.0 Å². The number of rotatable bonds is 5. The van der Waals surface area contributed by atoms with E-state index < -0.39 is 18.1 Å². The molecular weight excluding hydrogens is 345 g/mol. The maximum absolute atomic E-state index is 12.8. The zero-order chi connectivity index (χ0) is 18.8. The number of hydrogen-bond acceptors (Lipinski definition) is 4. The van der Waals surface area contributed by atoms with Crippen LogP contribution >= 0.6 is 0 Å². The van der Waals surface area contributed by atoms with Crippen molar-refractivity contribution in [2.75, 3.05) is 39.3 Å². The van der Waals surface area contributed by atoms with Gasteiger partial charge in [0.05, 0.1) is 18.6 Å². The van der Waals surface area contributed by atoms with Gasteiger partial charge in [0.25, 0.3) is 0 Å². The highest BCUT2D eigenvalue weighted by Gasteiger charge is 2.55. The van der Waals surface area contributed by atoms with Gasteiger partial charge in [-0.3, -0.25) is 14.6 Å². The second kappa shape index (κ2) is 7.56. The van der Waals surface area contributed by atoms with Crippen molar-refractivity contribution in [3.63, 3.8) is 0 Å². The summed E-state index contributed by atoms with van der Waals surface area (Å²) in [4.78, 5) is 16.3. The smallest absolute Gasteiger partial charge is 0.401 e. The second-order valence-corrected chi connectivity index (χ2v) is 7.33. The predicted octanol–water partition coefficient (Wildman–Crippen LogP) is 2.94. The summed E-state index contributed by atoms with van der Waals surface area (Å²) in [5.74, 6) is -0.395. The third-order valence-electron chi connectivity index (χ3n) is 5.45. The van der Waals surface area contributed by atoms with Crippen molar-refractivity contribution in [1.82, 2.24) is 9.80 Å². The topological polar surface area (TPSA) is 32.8 Å². The molecule has 0 saturated carbocycles. The van der Waals surface area contributed by atoms with Crippen molar-refractivity contribution in [1.29, 1.82) is 0 Å². The fraction of sp³-hybridized carbons (Fsp3) is 0.632. The van der Waals surface area contributed by atoms with Crippen LogP contribution in [-0.2, 0) is 16.1 Å². The first kappa shape index (κ1) is 19.2. The van der Waals surface area contributed by atoms with Crippen LogP contribution < -0.4 is 0 Å². The molecule has 0 aliphatic carbocycles. The van der Waals surface area contributed by atoms with Crippen LogP contribution in [0.25, 0.3) is 0 Å². The summed E-state index contributed by atoms with van der Waals surface area (Å²) in [7, 11) is 0. The normalized spacial score (nSPS) is 27.3. The number of esters is 1. The molecule has 2 fully saturated rings. The molecular formula is C19H25F3N2O2. The molecule has 2 saturated heterocycles. The van der Waals surface area contributed by atoms with Crippen molar-refractivity contribution >= 4 is 5.97 Å². The van der Waals surface area contributed by atoms with Gasteiger partial charge in [0.1, 0.15) is 0 Å². The molecule has 2 aliphatic heterocycles. The van der Waals surface area contributed by atoms with Gasteiger partial charge in [-0.2, -0.15) is 13.2 Å². The summed E-state index contributed by atoms with van der Waals surface area (Å²) in [6.07, 6.45) is -3.80. The van der Waals surface area contributed by atoms with E-state index in [0.29, 0.717) is 26.1 Å². The van der Waals surface area contributed by atoms with Crippen LogP contribution in [0.5, 0.6) is 0 Å². The highest BCUT2D eigenvalue weighted by atomic mass is 19.4. The van der Waals surface area contributed by atoms with Crippen LogP contribution in [-0.4, -0.2) is 61.3 Å². The number of benzene rings is 1. The number of halogens is 3. The van der Waals surface area contributed by atoms with Gasteiger partial charge < -0.3 is 4.74 Å². The summed E-state index contributed by atoms with van der Waals surface area (Å²) in [5, 5.41) is 0. The van der Waals surface area contributed by atoms with E-state index in [4.69, 9.17) is 4.74 Å². The minimum absolute atomic E-state index is 0.138. The van der Waals surface area contributed by atoms with E-state index in [1.807, 2.05) is 30.3 Å². The number of likely N-dealkylation sites (tertiary alicyclic amines) is 2. The molecule has 0 radical (unpaired) electrons. The molecule has 26 heavy (non-hydrogen) atoms. The molecule has 0 amide bonds. The maximum Gasteiger partial charge on any atom is 0.401 e. The molecule has 0 bridgehead atoms. The highest BCUT2D eigenvalue weighted by molar-refractivity contribution is 5.78. The van der Waals surface area contributed by atoms with Gasteiger partial charge in [0, 0.05) is 32.1 Å². The Labute approximate surface area is 151 Å². The Morgan fingerprint density at radius 2 is 1.92 bits per heavy atom. The Kier molecular flexibility index (Phi) is 5.58. The standard InChI is InChI=1S/C19H25F3N2O2/c1-2-26-17(25)18-8-9-23(14-19(20,21)22)11-16(18)12-24(13-18)10-15-6-4-3-5-7-15/h3-7,16H,2,8-14H2,1H3/t16-,18+/m0/s1. The van der Waals surface area contributed by atoms with E-state index in [2.05, 4.69) is 4.90 Å². The van der Waals surface area contributed by atoms with Gasteiger partial charge in [-0.15, -0.1) is 0 Å². The number of carbonyl (C=O) groups is 1. The molecule has 3 rings (SSSR count). The Balaban J connectivity index is 1.75. The molecule has 0 aromatic heterocycles. The van der Waals surface area contributed by atoms with Crippen molar-refractivity contribution in [3.05, 3.63) is 35.9 Å². The first-order valence-corrected chi connectivity index (χ1v) is 9.05. The van der Waals surface area contributed by atoms with E-state index >= 15 is 0 Å². The number of hydrogen-bond donors (Lipinski definition) is 0. The molecule has 1 aromatic rings. The fourth-order valence-corrected chi connectivity index (χ4v) is 4.32. The van der Waals surface area contributed by atoms with Crippen LogP contribution in [0.4, 0.5) is 13.2 Å². The molecule has 2 aliphatic rings. The third-order valence-corrected chi connectivity index (χ3v) is 5.45. The summed E-state index contributed by atoms with van der Waals surface area (Å²) in [6, 6.07) is 9.92. The molecule has 0 N–H and O–H groups in total. The number of nitrogens with zero attached hydrogens (tertiary/aromatic N) is 2. The predicted molar refractivity (Wildman–Crippen MR) is 91.4 cm³/mol. The van der Waals surface area contributed by atoms with Gasteiger partial charge in [-0.1, -0.05) is 30.3 Å². The SMILES string of the molecule is CCOC(=O)[C@@]12CCN(CC(F)(F)F)C[C@H]1CN(Cc1ccccc1)C2. The monoisotopic (exact) mass is 370 g/mol. The summed E-state index contributed by atoms with van der Waals surface area (Å²) in [6.45, 7) is 3.54. The molecule has 2 heterocycles. The summed E-state index contributed by atoms with van der Waals surface area (Å²) in [5.41, 5.74) is 0.449. The fourth-order valence-electron chi connectivity index (χ4n) is 4.32. The minimum atomic E-state index is -4.22. The molecule has 7 heteroatoms. The average Bonchev–Trinajstić information content (AvgIpc) is 2.93. The van der Waals surface area contributed by atoms with Crippen molar-refractivity contribution in [2.45, 2.75) is 26.1 Å². The Bertz CT molecular complexity index is 623. The number of piperidine rings is 1. The number of fused-ring (bicyclic) bond motifs is 1. The van der Waals surface area contributed by atoms with Gasteiger partial charge in [0.15, 0.2) is 0 Å². The van der Waals surface area contributed by atoms with Gasteiger partial charge in [-0.05, 0) is 25.5 Å². The summed E-state index contributed by atoms with van der Waals surface area (Å²) >= 11 is 0. The Morgan fingerprint density at radius 1 is 1.23 bits per heavy atom. The van der Waals surface area contributed by atoms with Crippen molar-refractivity contribution < 1.29 is 22.7 Å². The van der Waals surface area contributed by atoms with Crippen LogP contribution in [0.15, 0.2) is 30.3 Å². The minimum Gasteiger partial charge on any atom is -0.466 e. The Hall–Kier alpha value is -1.60. The molecule has 144 valence electrons. The first-order chi connectivity index (χ1) is 12.3. The first-order valence-electron chi connectivity index (χ1n) is 9.05. The number of carbonyl (C=O) groups excluding carboxylic acids is 1. The van der Waals surface area contributed by atoms with Gasteiger partial charge in [0.2, 0.25) is 0 Å². The third kappa shape index (κ3) is 4.20. The lowest BCUT2D eigenvalue weighted by Gasteiger charge is -2.41. The van der Waals surface area contributed by atoms with Crippen LogP contribution in [0.2, 0.25) is 0 Å². The molecule has 1 aromatic carbocycles. The van der Waals surface area contributed by atoms with E-state index in [0.717, 1.165) is 5.56 Å². The lowest BCUT2D eigenvalue weighted by molar-refractivity contribution is -0.167. The largest absolute Gasteiger partial charge is 0.466 e. The quantitative estimate of drug-likeness (QED) is 0.746. The lowest BCUT2D eigenvalue weighted by atomic mass is 9.72. The van der Waals surface area contributed by atoms with E-state index in [1.165, 1.54) is 4.90 Å².